The van der Waals surface area contributed by atoms with Gasteiger partial charge in [0.25, 0.3) is 0 Å². The lowest BCUT2D eigenvalue weighted by atomic mass is 10.1. The van der Waals surface area contributed by atoms with E-state index in [9.17, 15) is 13.6 Å². The van der Waals surface area contributed by atoms with Crippen molar-refractivity contribution in [3.63, 3.8) is 0 Å². The predicted octanol–water partition coefficient (Wildman–Crippen LogP) is 3.31. The third-order valence-corrected chi connectivity index (χ3v) is 2.22. The van der Waals surface area contributed by atoms with Gasteiger partial charge < -0.3 is 9.47 Å². The lowest BCUT2D eigenvalue weighted by molar-refractivity contribution is -0.282. The molecule has 0 aliphatic heterocycles. The van der Waals surface area contributed by atoms with Gasteiger partial charge in [-0.25, -0.2) is 4.79 Å². The minimum absolute atomic E-state index is 0.233. The summed E-state index contributed by atoms with van der Waals surface area (Å²) in [5.74, 6) is -0.825. The molecule has 112 valence electrons. The summed E-state index contributed by atoms with van der Waals surface area (Å²) in [6.07, 6.45) is -3.64. The van der Waals surface area contributed by atoms with Crippen LogP contribution in [0.5, 0.6) is 0 Å². The molecule has 0 bridgehead atoms. The van der Waals surface area contributed by atoms with Crippen molar-refractivity contribution in [2.24, 2.45) is 0 Å². The Morgan fingerprint density at radius 2 is 1.80 bits per heavy atom. The lowest BCUT2D eigenvalue weighted by Crippen LogP contribution is -2.27. The van der Waals surface area contributed by atoms with Crippen molar-refractivity contribution < 1.29 is 27.8 Å². The van der Waals surface area contributed by atoms with Gasteiger partial charge >= 0.3 is 12.1 Å². The number of hydrogen-bond donors (Lipinski definition) is 0. The predicted molar refractivity (Wildman–Crippen MR) is 68.5 cm³/mol. The second-order valence-corrected chi connectivity index (χ2v) is 5.12. The molecule has 0 aromatic heterocycles. The first-order valence-electron chi connectivity index (χ1n) is 6.01. The minimum atomic E-state index is -3.64. The maximum Gasteiger partial charge on any atom is 0.386 e. The monoisotopic (exact) mass is 288 g/mol. The lowest BCUT2D eigenvalue weighted by Gasteiger charge is -2.23. The van der Waals surface area contributed by atoms with Crippen LogP contribution in [0.1, 0.15) is 36.7 Å². The molecular weight excluding hydrogens is 270 g/mol. The maximum atomic E-state index is 13.9. The van der Waals surface area contributed by atoms with E-state index in [1.54, 1.807) is 20.8 Å². The van der Waals surface area contributed by atoms with Crippen LogP contribution in [0.3, 0.4) is 0 Å². The summed E-state index contributed by atoms with van der Waals surface area (Å²) >= 11 is 0. The molecule has 1 rings (SSSR count). The standard InChI is InChI=1S/C14H18F2O4/c1-13(2,3)20-12(17)10-7-5-6-8-11(10)14(15,16)19-9-18-4/h5-8H,9H2,1-4H3. The molecule has 0 fully saturated rings. The molecule has 0 saturated carbocycles. The Hall–Kier alpha value is -1.53. The largest absolute Gasteiger partial charge is 0.456 e. The van der Waals surface area contributed by atoms with E-state index in [1.165, 1.54) is 25.3 Å². The van der Waals surface area contributed by atoms with E-state index in [2.05, 4.69) is 9.47 Å². The van der Waals surface area contributed by atoms with E-state index in [-0.39, 0.29) is 5.56 Å². The average molecular weight is 288 g/mol. The van der Waals surface area contributed by atoms with Crippen LogP contribution in [-0.4, -0.2) is 25.5 Å². The molecule has 0 saturated heterocycles. The highest BCUT2D eigenvalue weighted by Crippen LogP contribution is 2.32. The van der Waals surface area contributed by atoms with Gasteiger partial charge in [0.2, 0.25) is 0 Å². The van der Waals surface area contributed by atoms with Gasteiger partial charge in [-0.15, -0.1) is 0 Å². The Balaban J connectivity index is 3.07. The number of hydrogen-bond acceptors (Lipinski definition) is 4. The second kappa shape index (κ2) is 6.28. The molecule has 0 amide bonds. The highest BCUT2D eigenvalue weighted by atomic mass is 19.3. The van der Waals surface area contributed by atoms with Crippen molar-refractivity contribution in [1.82, 2.24) is 0 Å². The molecule has 0 unspecified atom stereocenters. The van der Waals surface area contributed by atoms with Gasteiger partial charge in [0.05, 0.1) is 11.1 Å². The number of alkyl halides is 2. The molecule has 0 heterocycles. The first-order valence-corrected chi connectivity index (χ1v) is 6.01. The van der Waals surface area contributed by atoms with E-state index in [0.29, 0.717) is 0 Å². The molecule has 0 radical (unpaired) electrons. The molecule has 1 aromatic rings. The molecular formula is C14H18F2O4. The van der Waals surface area contributed by atoms with Crippen LogP contribution in [-0.2, 0) is 20.3 Å². The number of rotatable bonds is 5. The van der Waals surface area contributed by atoms with Gasteiger partial charge in [-0.2, -0.15) is 8.78 Å². The quantitative estimate of drug-likeness (QED) is 0.616. The summed E-state index contributed by atoms with van der Waals surface area (Å²) in [6.45, 7) is 4.39. The van der Waals surface area contributed by atoms with Crippen LogP contribution >= 0.6 is 0 Å². The molecule has 4 nitrogen and oxygen atoms in total. The van der Waals surface area contributed by atoms with Crippen molar-refractivity contribution in [3.8, 4) is 0 Å². The van der Waals surface area contributed by atoms with E-state index in [1.807, 2.05) is 0 Å². The molecule has 6 heteroatoms. The summed E-state index contributed by atoms with van der Waals surface area (Å²) in [4.78, 5) is 12.0. The summed E-state index contributed by atoms with van der Waals surface area (Å²) in [5, 5.41) is 0. The zero-order chi connectivity index (χ0) is 15.4. The number of methoxy groups -OCH3 is 1. The van der Waals surface area contributed by atoms with E-state index >= 15 is 0 Å². The van der Waals surface area contributed by atoms with Crippen LogP contribution in [0.4, 0.5) is 8.78 Å². The maximum absolute atomic E-state index is 13.9. The van der Waals surface area contributed by atoms with Crippen LogP contribution in [0.2, 0.25) is 0 Å². The fourth-order valence-corrected chi connectivity index (χ4v) is 1.46. The molecule has 0 aliphatic carbocycles. The second-order valence-electron chi connectivity index (χ2n) is 5.12. The number of benzene rings is 1. The fourth-order valence-electron chi connectivity index (χ4n) is 1.46. The molecule has 1 aromatic carbocycles. The Labute approximate surface area is 116 Å². The van der Waals surface area contributed by atoms with Crippen LogP contribution in [0.15, 0.2) is 24.3 Å². The summed E-state index contributed by atoms with van der Waals surface area (Å²) in [6, 6.07) is 5.27. The van der Waals surface area contributed by atoms with Gasteiger partial charge in [-0.1, -0.05) is 12.1 Å². The number of carbonyl (C=O) groups is 1. The zero-order valence-corrected chi connectivity index (χ0v) is 11.9. The molecule has 20 heavy (non-hydrogen) atoms. The van der Waals surface area contributed by atoms with Crippen molar-refractivity contribution in [3.05, 3.63) is 35.4 Å². The first kappa shape index (κ1) is 16.5. The topological polar surface area (TPSA) is 44.8 Å². The number of carbonyl (C=O) groups excluding carboxylic acids is 1. The Kier molecular flexibility index (Phi) is 5.19. The van der Waals surface area contributed by atoms with Gasteiger partial charge in [0.1, 0.15) is 5.60 Å². The van der Waals surface area contributed by atoms with E-state index in [0.717, 1.165) is 6.07 Å². The summed E-state index contributed by atoms with van der Waals surface area (Å²) in [5.41, 5.74) is -1.55. The average Bonchev–Trinajstić information content (AvgIpc) is 2.34. The van der Waals surface area contributed by atoms with Crippen molar-refractivity contribution in [2.75, 3.05) is 13.9 Å². The van der Waals surface area contributed by atoms with Crippen molar-refractivity contribution >= 4 is 5.97 Å². The molecule has 0 spiro atoms. The van der Waals surface area contributed by atoms with Gasteiger partial charge in [-0.05, 0) is 32.9 Å². The third-order valence-electron chi connectivity index (χ3n) is 2.22. The normalized spacial score (nSPS) is 12.3. The number of esters is 1. The fraction of sp³-hybridized carbons (Fsp3) is 0.500. The van der Waals surface area contributed by atoms with Crippen LogP contribution < -0.4 is 0 Å². The van der Waals surface area contributed by atoms with Gasteiger partial charge in [0.15, 0.2) is 6.79 Å². The van der Waals surface area contributed by atoms with Crippen molar-refractivity contribution in [1.29, 1.82) is 0 Å². The summed E-state index contributed by atoms with van der Waals surface area (Å²) in [7, 11) is 1.23. The van der Waals surface area contributed by atoms with E-state index in [4.69, 9.17) is 4.74 Å². The highest BCUT2D eigenvalue weighted by molar-refractivity contribution is 5.91. The Bertz CT molecular complexity index is 466. The van der Waals surface area contributed by atoms with Gasteiger partial charge in [-0.3, -0.25) is 4.74 Å². The first-order chi connectivity index (χ1) is 9.17. The zero-order valence-electron chi connectivity index (χ0n) is 11.9. The minimum Gasteiger partial charge on any atom is -0.456 e. The number of halogens is 2. The molecule has 0 aliphatic rings. The Morgan fingerprint density at radius 3 is 2.35 bits per heavy atom. The summed E-state index contributed by atoms with van der Waals surface area (Å²) < 4.78 is 41.7. The highest BCUT2D eigenvalue weighted by Gasteiger charge is 2.37. The SMILES string of the molecule is COCOC(F)(F)c1ccccc1C(=O)OC(C)(C)C. The van der Waals surface area contributed by atoms with Crippen LogP contribution in [0, 0.1) is 0 Å². The smallest absolute Gasteiger partial charge is 0.386 e. The number of ether oxygens (including phenoxy) is 3. The van der Waals surface area contributed by atoms with Crippen LogP contribution in [0.25, 0.3) is 0 Å². The molecule has 0 atom stereocenters. The van der Waals surface area contributed by atoms with E-state index < -0.39 is 30.0 Å². The Morgan fingerprint density at radius 1 is 1.20 bits per heavy atom. The van der Waals surface area contributed by atoms with Gasteiger partial charge in [0, 0.05) is 7.11 Å². The molecule has 0 N–H and O–H groups in total. The third kappa shape index (κ3) is 4.54. The van der Waals surface area contributed by atoms with Crippen molar-refractivity contribution in [2.45, 2.75) is 32.5 Å².